The maximum Gasteiger partial charge on any atom is 0.173 e. The van der Waals surface area contributed by atoms with E-state index in [2.05, 4.69) is 6.58 Å². The Hall–Kier alpha value is -1.48. The molecular formula is C14H13FOS. The molecule has 3 heteroatoms. The fraction of sp³-hybridized carbons (Fsp3) is 0.214. The zero-order chi connectivity index (χ0) is 12.4. The number of carbonyl (C=O) groups is 1. The number of benzene rings is 1. The summed E-state index contributed by atoms with van der Waals surface area (Å²) in [6.45, 7) is 5.69. The summed E-state index contributed by atoms with van der Waals surface area (Å²) in [6, 6.07) is 6.42. The van der Waals surface area contributed by atoms with Gasteiger partial charge < -0.3 is 0 Å². The summed E-state index contributed by atoms with van der Waals surface area (Å²) in [7, 11) is 0. The Bertz CT molecular complexity index is 583. The van der Waals surface area contributed by atoms with Gasteiger partial charge in [0.1, 0.15) is 5.82 Å². The molecule has 0 amide bonds. The van der Waals surface area contributed by atoms with Gasteiger partial charge in [0.05, 0.1) is 4.88 Å². The molecule has 0 saturated carbocycles. The number of Topliss-reactive ketones (excluding diaryl/α,β-unsaturated/α-hetero) is 1. The molecule has 2 rings (SSSR count). The Labute approximate surface area is 104 Å². The molecule has 1 nitrogen and oxygen atoms in total. The van der Waals surface area contributed by atoms with Gasteiger partial charge in [-0.15, -0.1) is 17.9 Å². The lowest BCUT2D eigenvalue weighted by molar-refractivity contribution is 0.0987. The second kappa shape index (κ2) is 4.80. The number of hydrogen-bond donors (Lipinski definition) is 0. The predicted molar refractivity (Wildman–Crippen MR) is 70.2 cm³/mol. The molecule has 0 aliphatic rings. The summed E-state index contributed by atoms with van der Waals surface area (Å²) in [5.41, 5.74) is 1.01. The van der Waals surface area contributed by atoms with Gasteiger partial charge in [-0.1, -0.05) is 11.6 Å². The minimum Gasteiger partial charge on any atom is -0.293 e. The number of ketones is 1. The van der Waals surface area contributed by atoms with E-state index in [1.807, 2.05) is 13.0 Å². The number of carbonyl (C=O) groups excluding carboxylic acids is 1. The average Bonchev–Trinajstić information content (AvgIpc) is 2.68. The van der Waals surface area contributed by atoms with Gasteiger partial charge in [-0.05, 0) is 36.9 Å². The Morgan fingerprint density at radius 1 is 1.35 bits per heavy atom. The van der Waals surface area contributed by atoms with Crippen LogP contribution in [-0.4, -0.2) is 5.78 Å². The third-order valence-corrected chi connectivity index (χ3v) is 3.67. The summed E-state index contributed by atoms with van der Waals surface area (Å²) in [4.78, 5) is 12.6. The number of rotatable bonds is 4. The van der Waals surface area contributed by atoms with Crippen molar-refractivity contribution in [3.63, 3.8) is 0 Å². The molecule has 88 valence electrons. The Morgan fingerprint density at radius 3 is 2.82 bits per heavy atom. The summed E-state index contributed by atoms with van der Waals surface area (Å²) >= 11 is 1.35. The van der Waals surface area contributed by atoms with Crippen LogP contribution in [0.3, 0.4) is 0 Å². The van der Waals surface area contributed by atoms with Crippen LogP contribution in [0.25, 0.3) is 10.1 Å². The normalized spacial score (nSPS) is 10.7. The first kappa shape index (κ1) is 12.0. The second-order valence-electron chi connectivity index (χ2n) is 4.17. The molecule has 0 N–H and O–H groups in total. The lowest BCUT2D eigenvalue weighted by Gasteiger charge is -1.96. The van der Waals surface area contributed by atoms with E-state index in [9.17, 15) is 9.18 Å². The minimum absolute atomic E-state index is 0.106. The third-order valence-electron chi connectivity index (χ3n) is 2.54. The van der Waals surface area contributed by atoms with Crippen LogP contribution in [0.4, 0.5) is 4.39 Å². The van der Waals surface area contributed by atoms with Crippen molar-refractivity contribution in [3.8, 4) is 0 Å². The highest BCUT2D eigenvalue weighted by Gasteiger charge is 2.10. The van der Waals surface area contributed by atoms with Gasteiger partial charge in [0.25, 0.3) is 0 Å². The Morgan fingerprint density at radius 2 is 2.12 bits per heavy atom. The van der Waals surface area contributed by atoms with Crippen LogP contribution in [0.1, 0.15) is 29.4 Å². The average molecular weight is 248 g/mol. The fourth-order valence-electron chi connectivity index (χ4n) is 1.59. The molecule has 2 aromatic rings. The molecule has 0 aliphatic heterocycles. The third kappa shape index (κ3) is 2.80. The van der Waals surface area contributed by atoms with Gasteiger partial charge in [-0.3, -0.25) is 4.79 Å². The van der Waals surface area contributed by atoms with Crippen LogP contribution in [-0.2, 0) is 0 Å². The largest absolute Gasteiger partial charge is 0.293 e. The summed E-state index contributed by atoms with van der Waals surface area (Å²) in [6.07, 6.45) is 1.19. The van der Waals surface area contributed by atoms with Crippen molar-refractivity contribution in [2.24, 2.45) is 0 Å². The van der Waals surface area contributed by atoms with Gasteiger partial charge >= 0.3 is 0 Å². The van der Waals surface area contributed by atoms with E-state index < -0.39 is 0 Å². The van der Waals surface area contributed by atoms with Crippen molar-refractivity contribution in [2.45, 2.75) is 19.8 Å². The molecule has 0 atom stereocenters. The maximum absolute atomic E-state index is 13.0. The van der Waals surface area contributed by atoms with Gasteiger partial charge in [0.15, 0.2) is 5.78 Å². The molecule has 1 aromatic heterocycles. The molecule has 0 spiro atoms. The van der Waals surface area contributed by atoms with Crippen LogP contribution in [0.15, 0.2) is 36.4 Å². The molecule has 0 unspecified atom stereocenters. The monoisotopic (exact) mass is 248 g/mol. The zero-order valence-electron chi connectivity index (χ0n) is 9.63. The molecule has 1 aromatic carbocycles. The molecule has 0 radical (unpaired) electrons. The van der Waals surface area contributed by atoms with E-state index in [1.165, 1.54) is 23.5 Å². The molecule has 17 heavy (non-hydrogen) atoms. The highest BCUT2D eigenvalue weighted by atomic mass is 32.1. The highest BCUT2D eigenvalue weighted by Crippen LogP contribution is 2.27. The lowest BCUT2D eigenvalue weighted by Crippen LogP contribution is -1.95. The SMILES string of the molecule is C=C(C)CCC(=O)c1cc2ccc(F)cc2s1. The van der Waals surface area contributed by atoms with Gasteiger partial charge in [0.2, 0.25) is 0 Å². The number of fused-ring (bicyclic) bond motifs is 1. The maximum atomic E-state index is 13.0. The summed E-state index contributed by atoms with van der Waals surface area (Å²) in [5, 5.41) is 0.926. The van der Waals surface area contributed by atoms with E-state index >= 15 is 0 Å². The quantitative estimate of drug-likeness (QED) is 0.571. The molecule has 0 fully saturated rings. The number of thiophene rings is 1. The van der Waals surface area contributed by atoms with E-state index in [-0.39, 0.29) is 11.6 Å². The topological polar surface area (TPSA) is 17.1 Å². The van der Waals surface area contributed by atoms with Crippen LogP contribution < -0.4 is 0 Å². The number of halogens is 1. The van der Waals surface area contributed by atoms with Gasteiger partial charge in [-0.2, -0.15) is 0 Å². The smallest absolute Gasteiger partial charge is 0.173 e. The van der Waals surface area contributed by atoms with Crippen LogP contribution in [0, 0.1) is 5.82 Å². The van der Waals surface area contributed by atoms with Crippen LogP contribution in [0.2, 0.25) is 0 Å². The Balaban J connectivity index is 2.24. The van der Waals surface area contributed by atoms with E-state index in [4.69, 9.17) is 0 Å². The fourth-order valence-corrected chi connectivity index (χ4v) is 2.65. The second-order valence-corrected chi connectivity index (χ2v) is 5.26. The van der Waals surface area contributed by atoms with Crippen molar-refractivity contribution in [1.29, 1.82) is 0 Å². The zero-order valence-corrected chi connectivity index (χ0v) is 10.4. The molecule has 0 aliphatic carbocycles. The Kier molecular flexibility index (Phi) is 3.38. The van der Waals surface area contributed by atoms with Crippen molar-refractivity contribution in [2.75, 3.05) is 0 Å². The molecular weight excluding hydrogens is 235 g/mol. The first-order valence-electron chi connectivity index (χ1n) is 5.43. The lowest BCUT2D eigenvalue weighted by atomic mass is 10.1. The van der Waals surface area contributed by atoms with Gasteiger partial charge in [-0.25, -0.2) is 4.39 Å². The van der Waals surface area contributed by atoms with Crippen molar-refractivity contribution >= 4 is 27.2 Å². The van der Waals surface area contributed by atoms with Crippen molar-refractivity contribution < 1.29 is 9.18 Å². The van der Waals surface area contributed by atoms with Crippen molar-refractivity contribution in [3.05, 3.63) is 47.1 Å². The first-order valence-corrected chi connectivity index (χ1v) is 6.24. The van der Waals surface area contributed by atoms with Gasteiger partial charge in [0, 0.05) is 11.1 Å². The van der Waals surface area contributed by atoms with Crippen LogP contribution >= 0.6 is 11.3 Å². The van der Waals surface area contributed by atoms with Crippen molar-refractivity contribution in [1.82, 2.24) is 0 Å². The minimum atomic E-state index is -0.264. The summed E-state index contributed by atoms with van der Waals surface area (Å²) < 4.78 is 13.8. The molecule has 0 bridgehead atoms. The molecule has 0 saturated heterocycles. The van der Waals surface area contributed by atoms with E-state index in [0.29, 0.717) is 17.7 Å². The number of allylic oxidation sites excluding steroid dienone is 1. The molecule has 1 heterocycles. The standard InChI is InChI=1S/C14H13FOS/c1-9(2)3-6-12(16)14-7-10-4-5-11(15)8-13(10)17-14/h4-5,7-8H,1,3,6H2,2H3. The predicted octanol–water partition coefficient (Wildman–Crippen LogP) is 4.58. The summed E-state index contributed by atoms with van der Waals surface area (Å²) in [5.74, 6) is -0.158. The number of hydrogen-bond acceptors (Lipinski definition) is 2. The van der Waals surface area contributed by atoms with Crippen LogP contribution in [0.5, 0.6) is 0 Å². The van der Waals surface area contributed by atoms with E-state index in [1.54, 1.807) is 6.07 Å². The first-order chi connectivity index (χ1) is 8.06. The van der Waals surface area contributed by atoms with E-state index in [0.717, 1.165) is 15.7 Å². The highest BCUT2D eigenvalue weighted by molar-refractivity contribution is 7.20.